The zero-order valence-corrected chi connectivity index (χ0v) is 26.7. The van der Waals surface area contributed by atoms with Gasteiger partial charge in [-0.2, -0.15) is 26.3 Å². The van der Waals surface area contributed by atoms with Crippen LogP contribution in [-0.4, -0.2) is 50.1 Å². The Morgan fingerprint density at radius 1 is 0.725 bits per heavy atom. The minimum absolute atomic E-state index is 0. The lowest BCUT2D eigenvalue weighted by molar-refractivity contribution is -0.191. The summed E-state index contributed by atoms with van der Waals surface area (Å²) >= 11 is 0. The fourth-order valence-electron chi connectivity index (χ4n) is 6.81. The van der Waals surface area contributed by atoms with Crippen LogP contribution in [0.25, 0.3) is 22.3 Å². The quantitative estimate of drug-likeness (QED) is 0.128. The summed E-state index contributed by atoms with van der Waals surface area (Å²) in [4.78, 5) is 26.9. The van der Waals surface area contributed by atoms with E-state index in [4.69, 9.17) is 9.47 Å². The first-order chi connectivity index (χ1) is 23.9. The van der Waals surface area contributed by atoms with E-state index < -0.39 is 54.0 Å². The first-order valence-electron chi connectivity index (χ1n) is 16.2. The Morgan fingerprint density at radius 2 is 1.27 bits per heavy atom. The Balaban J connectivity index is 0.00000504. The van der Waals surface area contributed by atoms with E-state index in [1.807, 2.05) is 24.3 Å². The van der Waals surface area contributed by atoms with Gasteiger partial charge in [0.05, 0.1) is 24.8 Å². The third-order valence-corrected chi connectivity index (χ3v) is 9.14. The van der Waals surface area contributed by atoms with Crippen molar-refractivity contribution in [1.29, 1.82) is 0 Å². The van der Waals surface area contributed by atoms with E-state index in [-0.39, 0.29) is 32.6 Å². The lowest BCUT2D eigenvalue weighted by Crippen LogP contribution is -2.47. The van der Waals surface area contributed by atoms with E-state index >= 15 is 0 Å². The summed E-state index contributed by atoms with van der Waals surface area (Å²) in [5, 5.41) is 5.01. The molecule has 2 amide bonds. The molecule has 1 aliphatic carbocycles. The number of alkyl halides is 6. The van der Waals surface area contributed by atoms with Crippen molar-refractivity contribution in [3.05, 3.63) is 119 Å². The number of carbonyl (C=O) groups is 2. The molecule has 6 nitrogen and oxygen atoms in total. The van der Waals surface area contributed by atoms with Gasteiger partial charge < -0.3 is 20.1 Å². The van der Waals surface area contributed by atoms with E-state index in [0.29, 0.717) is 41.5 Å². The number of hydrogen-bond donors (Lipinski definition) is 2. The van der Waals surface area contributed by atoms with Gasteiger partial charge in [0.1, 0.15) is 12.0 Å². The molecular formula is C39H38F6N2O4. The molecule has 4 aromatic rings. The van der Waals surface area contributed by atoms with Gasteiger partial charge in [0.15, 0.2) is 6.29 Å². The van der Waals surface area contributed by atoms with Crippen molar-refractivity contribution in [2.45, 2.75) is 63.2 Å². The molecule has 51 heavy (non-hydrogen) atoms. The summed E-state index contributed by atoms with van der Waals surface area (Å²) in [5.41, 5.74) is 2.13. The molecule has 270 valence electrons. The molecule has 2 aliphatic rings. The fraction of sp³-hybridized carbons (Fsp3) is 0.333. The van der Waals surface area contributed by atoms with Crippen LogP contribution in [0.1, 0.15) is 60.2 Å². The maximum absolute atomic E-state index is 13.7. The Hall–Kier alpha value is -4.68. The molecule has 0 saturated carbocycles. The van der Waals surface area contributed by atoms with Crippen LogP contribution in [0.4, 0.5) is 26.3 Å². The number of amides is 2. The van der Waals surface area contributed by atoms with Crippen LogP contribution in [0.5, 0.6) is 0 Å². The predicted molar refractivity (Wildman–Crippen MR) is 181 cm³/mol. The van der Waals surface area contributed by atoms with E-state index in [1.165, 1.54) is 12.1 Å². The summed E-state index contributed by atoms with van der Waals surface area (Å²) in [5.74, 6) is -1.13. The van der Waals surface area contributed by atoms with Crippen molar-refractivity contribution < 1.29 is 45.4 Å². The van der Waals surface area contributed by atoms with E-state index in [1.54, 1.807) is 48.5 Å². The van der Waals surface area contributed by atoms with Crippen molar-refractivity contribution in [3.8, 4) is 22.3 Å². The summed E-state index contributed by atoms with van der Waals surface area (Å²) in [6.45, 7) is -1.12. The van der Waals surface area contributed by atoms with Crippen LogP contribution in [0.15, 0.2) is 97.1 Å². The molecule has 1 fully saturated rings. The van der Waals surface area contributed by atoms with Gasteiger partial charge in [-0.3, -0.25) is 9.59 Å². The van der Waals surface area contributed by atoms with Gasteiger partial charge in [0, 0.05) is 5.56 Å². The van der Waals surface area contributed by atoms with Crippen molar-refractivity contribution in [2.75, 3.05) is 19.8 Å². The third kappa shape index (κ3) is 8.12. The lowest BCUT2D eigenvalue weighted by atomic mass is 9.73. The van der Waals surface area contributed by atoms with Crippen molar-refractivity contribution in [3.63, 3.8) is 0 Å². The molecule has 0 atom stereocenters. The third-order valence-electron chi connectivity index (χ3n) is 9.14. The summed E-state index contributed by atoms with van der Waals surface area (Å²) in [6, 6.07) is 25.3. The summed E-state index contributed by atoms with van der Waals surface area (Å²) in [6.07, 6.45) is -7.83. The number of unbranched alkanes of at least 4 members (excludes halogenated alkanes) is 1. The average Bonchev–Trinajstić information content (AvgIpc) is 3.39. The molecule has 0 spiro atoms. The Labute approximate surface area is 292 Å². The molecule has 0 unspecified atom stereocenters. The van der Waals surface area contributed by atoms with Gasteiger partial charge in [0.25, 0.3) is 5.91 Å². The topological polar surface area (TPSA) is 76.7 Å². The van der Waals surface area contributed by atoms with Crippen molar-refractivity contribution in [2.24, 2.45) is 0 Å². The van der Waals surface area contributed by atoms with E-state index in [0.717, 1.165) is 23.3 Å². The molecule has 4 aromatic carbocycles. The van der Waals surface area contributed by atoms with Gasteiger partial charge in [-0.1, -0.05) is 92.7 Å². The second-order valence-electron chi connectivity index (χ2n) is 12.4. The van der Waals surface area contributed by atoms with Crippen molar-refractivity contribution >= 4 is 11.8 Å². The molecule has 1 heterocycles. The number of benzene rings is 4. The Bertz CT molecular complexity index is 1790. The SMILES string of the molecule is C.O=C(NC1COC(CCCCC2(C(=O)NCC(F)(F)F)c3ccccc3-c3ccccc32)OC1)c1ccccc1-c1ccc(C(F)(F)F)cc1. The molecule has 0 bridgehead atoms. The molecule has 1 saturated heterocycles. The van der Waals surface area contributed by atoms with Crippen LogP contribution in [0.2, 0.25) is 0 Å². The van der Waals surface area contributed by atoms with Crippen LogP contribution in [-0.2, 0) is 25.9 Å². The number of ether oxygens (including phenoxy) is 2. The van der Waals surface area contributed by atoms with Gasteiger partial charge >= 0.3 is 12.4 Å². The highest BCUT2D eigenvalue weighted by molar-refractivity contribution is 6.01. The van der Waals surface area contributed by atoms with Gasteiger partial charge in [-0.15, -0.1) is 0 Å². The molecule has 0 aromatic heterocycles. The smallest absolute Gasteiger partial charge is 0.350 e. The second-order valence-corrected chi connectivity index (χ2v) is 12.4. The zero-order chi connectivity index (χ0) is 35.5. The molecular weight excluding hydrogens is 674 g/mol. The van der Waals surface area contributed by atoms with Crippen LogP contribution >= 0.6 is 0 Å². The normalized spacial score (nSPS) is 17.8. The molecule has 1 aliphatic heterocycles. The number of halogens is 6. The Kier molecular flexibility index (Phi) is 11.3. The van der Waals surface area contributed by atoms with Crippen LogP contribution in [0.3, 0.4) is 0 Å². The second kappa shape index (κ2) is 15.3. The first kappa shape index (κ1) is 37.6. The molecule has 0 radical (unpaired) electrons. The number of nitrogens with one attached hydrogen (secondary N) is 2. The maximum Gasteiger partial charge on any atom is 0.416 e. The zero-order valence-electron chi connectivity index (χ0n) is 26.7. The molecule has 12 heteroatoms. The van der Waals surface area contributed by atoms with E-state index in [9.17, 15) is 35.9 Å². The maximum atomic E-state index is 13.7. The summed E-state index contributed by atoms with van der Waals surface area (Å²) in [7, 11) is 0. The lowest BCUT2D eigenvalue weighted by Gasteiger charge is -2.32. The molecule has 2 N–H and O–H groups in total. The highest BCUT2D eigenvalue weighted by Crippen LogP contribution is 2.51. The summed E-state index contributed by atoms with van der Waals surface area (Å²) < 4.78 is 90.3. The van der Waals surface area contributed by atoms with Crippen LogP contribution in [0, 0.1) is 0 Å². The largest absolute Gasteiger partial charge is 0.416 e. The molecule has 6 rings (SSSR count). The van der Waals surface area contributed by atoms with Crippen molar-refractivity contribution in [1.82, 2.24) is 10.6 Å². The minimum Gasteiger partial charge on any atom is -0.350 e. The number of carbonyl (C=O) groups excluding carboxylic acids is 2. The highest BCUT2D eigenvalue weighted by Gasteiger charge is 2.49. The number of fused-ring (bicyclic) bond motifs is 3. The van der Waals surface area contributed by atoms with E-state index in [2.05, 4.69) is 10.6 Å². The standard InChI is InChI=1S/C38H34F6N2O4.CH4/c39-37(40,41)23-45-35(48)36(31-13-5-3-10-28(31)29-11-4-6-14-32(29)36)20-8-7-15-33-49-21-26(22-50-33)46-34(47)30-12-2-1-9-27(30)24-16-18-25(19-17-24)38(42,43)44;/h1-6,9-14,16-19,26,33H,7-8,15,20-23H2,(H,45,48)(H,46,47);1H4. The predicted octanol–water partition coefficient (Wildman–Crippen LogP) is 8.69. The monoisotopic (exact) mass is 712 g/mol. The van der Waals surface area contributed by atoms with Gasteiger partial charge in [0.2, 0.25) is 5.91 Å². The van der Waals surface area contributed by atoms with Crippen LogP contribution < -0.4 is 10.6 Å². The minimum atomic E-state index is -4.56. The highest BCUT2D eigenvalue weighted by atomic mass is 19.4. The fourth-order valence-corrected chi connectivity index (χ4v) is 6.81. The van der Waals surface area contributed by atoms with Gasteiger partial charge in [-0.05, 0) is 70.8 Å². The van der Waals surface area contributed by atoms with Gasteiger partial charge in [-0.25, -0.2) is 0 Å². The number of rotatable bonds is 10. The number of hydrogen-bond acceptors (Lipinski definition) is 4. The first-order valence-corrected chi connectivity index (χ1v) is 16.2. The Morgan fingerprint density at radius 3 is 1.84 bits per heavy atom. The average molecular weight is 713 g/mol.